The molecule has 0 amide bonds. The van der Waals surface area contributed by atoms with Crippen LogP contribution in [0.3, 0.4) is 0 Å². The van der Waals surface area contributed by atoms with Crippen molar-refractivity contribution in [3.8, 4) is 5.75 Å². The summed E-state index contributed by atoms with van der Waals surface area (Å²) < 4.78 is 44.2. The molecule has 0 spiro atoms. The Morgan fingerprint density at radius 2 is 1.52 bits per heavy atom. The summed E-state index contributed by atoms with van der Waals surface area (Å²) in [7, 11) is 0. The number of fused-ring (bicyclic) bond motifs is 1. The second-order valence-electron chi connectivity index (χ2n) is 8.67. The second kappa shape index (κ2) is 7.34. The summed E-state index contributed by atoms with van der Waals surface area (Å²) >= 11 is 0. The Kier molecular flexibility index (Phi) is 5.44. The molecule has 2 aromatic carbocycles. The summed E-state index contributed by atoms with van der Waals surface area (Å²) in [5, 5.41) is 10.9. The first-order chi connectivity index (χ1) is 12.5. The van der Waals surface area contributed by atoms with Crippen molar-refractivity contribution in [2.24, 2.45) is 11.3 Å². The number of aliphatic hydroxyl groups is 1. The van der Waals surface area contributed by atoms with Gasteiger partial charge in [0.2, 0.25) is 0 Å². The van der Waals surface area contributed by atoms with Crippen LogP contribution in [0.15, 0.2) is 36.4 Å². The van der Waals surface area contributed by atoms with Gasteiger partial charge in [0.05, 0.1) is 6.10 Å². The lowest BCUT2D eigenvalue weighted by molar-refractivity contribution is -0.206. The van der Waals surface area contributed by atoms with Crippen molar-refractivity contribution in [1.29, 1.82) is 0 Å². The molecule has 1 unspecified atom stereocenters. The average molecular weight is 380 g/mol. The summed E-state index contributed by atoms with van der Waals surface area (Å²) in [5.41, 5.74) is 0.177. The molecule has 1 N–H and O–H groups in total. The van der Waals surface area contributed by atoms with Crippen LogP contribution in [-0.2, 0) is 0 Å². The summed E-state index contributed by atoms with van der Waals surface area (Å²) in [6, 6.07) is 9.70. The summed E-state index contributed by atoms with van der Waals surface area (Å²) in [5.74, 6) is 1.46. The van der Waals surface area contributed by atoms with Gasteiger partial charge in [0.15, 0.2) is 6.10 Å². The number of hydrogen-bond donors (Lipinski definition) is 1. The fourth-order valence-electron chi connectivity index (χ4n) is 3.91. The largest absolute Gasteiger partial charge is 0.490 e. The van der Waals surface area contributed by atoms with Crippen LogP contribution in [0.25, 0.3) is 10.8 Å². The molecule has 1 atom stereocenters. The van der Waals surface area contributed by atoms with Crippen LogP contribution in [0.5, 0.6) is 5.75 Å². The normalized spacial score (nSPS) is 22.6. The Morgan fingerprint density at radius 1 is 0.926 bits per heavy atom. The molecule has 2 aromatic rings. The van der Waals surface area contributed by atoms with Gasteiger partial charge in [-0.15, -0.1) is 0 Å². The number of halogens is 3. The van der Waals surface area contributed by atoms with E-state index in [0.717, 1.165) is 36.8 Å². The molecule has 3 rings (SSSR count). The number of hydrogen-bond acceptors (Lipinski definition) is 2. The number of ether oxygens (including phenoxy) is 1. The minimum Gasteiger partial charge on any atom is -0.490 e. The van der Waals surface area contributed by atoms with E-state index < -0.39 is 12.3 Å². The van der Waals surface area contributed by atoms with Gasteiger partial charge in [0, 0.05) is 0 Å². The third-order valence-corrected chi connectivity index (χ3v) is 5.66. The van der Waals surface area contributed by atoms with Gasteiger partial charge in [-0.3, -0.25) is 0 Å². The fourth-order valence-corrected chi connectivity index (χ4v) is 3.91. The highest BCUT2D eigenvalue weighted by Gasteiger charge is 2.39. The first-order valence-electron chi connectivity index (χ1n) is 9.49. The molecule has 0 saturated heterocycles. The SMILES string of the molecule is CC(C)(C)C1CCC(Oc2ccc3cc(C(O)C(F)(F)F)ccc3c2)CC1. The van der Waals surface area contributed by atoms with Crippen LogP contribution in [0.4, 0.5) is 13.2 Å². The maximum absolute atomic E-state index is 12.7. The lowest BCUT2D eigenvalue weighted by Gasteiger charge is -2.37. The number of rotatable bonds is 3. The zero-order valence-corrected chi connectivity index (χ0v) is 16.0. The summed E-state index contributed by atoms with van der Waals surface area (Å²) in [4.78, 5) is 0. The molecule has 1 fully saturated rings. The molecule has 1 aliphatic carbocycles. The fraction of sp³-hybridized carbons (Fsp3) is 0.545. The van der Waals surface area contributed by atoms with E-state index in [1.165, 1.54) is 12.1 Å². The molecule has 2 nitrogen and oxygen atoms in total. The van der Waals surface area contributed by atoms with Crippen molar-refractivity contribution >= 4 is 10.8 Å². The molecular weight excluding hydrogens is 353 g/mol. The Labute approximate surface area is 158 Å². The number of aliphatic hydroxyl groups excluding tert-OH is 1. The Balaban J connectivity index is 1.69. The highest BCUT2D eigenvalue weighted by molar-refractivity contribution is 5.84. The van der Waals surface area contributed by atoms with Gasteiger partial charge in [-0.1, -0.05) is 39.0 Å². The second-order valence-corrected chi connectivity index (χ2v) is 8.67. The van der Waals surface area contributed by atoms with Crippen LogP contribution >= 0.6 is 0 Å². The Morgan fingerprint density at radius 3 is 2.11 bits per heavy atom. The predicted octanol–water partition coefficient (Wildman–Crippen LogP) is 6.42. The first kappa shape index (κ1) is 20.0. The van der Waals surface area contributed by atoms with Gasteiger partial charge in [0.25, 0.3) is 0 Å². The van der Waals surface area contributed by atoms with Crippen molar-refractivity contribution in [2.75, 3.05) is 0 Å². The van der Waals surface area contributed by atoms with Crippen molar-refractivity contribution in [2.45, 2.75) is 64.8 Å². The first-order valence-corrected chi connectivity index (χ1v) is 9.49. The monoisotopic (exact) mass is 380 g/mol. The highest BCUT2D eigenvalue weighted by Crippen LogP contribution is 2.39. The van der Waals surface area contributed by atoms with E-state index in [1.54, 1.807) is 18.2 Å². The molecule has 27 heavy (non-hydrogen) atoms. The van der Waals surface area contributed by atoms with Crippen LogP contribution in [0.2, 0.25) is 0 Å². The molecule has 0 heterocycles. The topological polar surface area (TPSA) is 29.5 Å². The third-order valence-electron chi connectivity index (χ3n) is 5.66. The molecule has 148 valence electrons. The van der Waals surface area contributed by atoms with E-state index in [1.807, 2.05) is 6.07 Å². The van der Waals surface area contributed by atoms with Crippen LogP contribution in [-0.4, -0.2) is 17.4 Å². The van der Waals surface area contributed by atoms with E-state index in [2.05, 4.69) is 20.8 Å². The number of alkyl halides is 3. The maximum Gasteiger partial charge on any atom is 0.418 e. The minimum atomic E-state index is -4.66. The zero-order valence-electron chi connectivity index (χ0n) is 16.0. The van der Waals surface area contributed by atoms with E-state index in [4.69, 9.17) is 4.74 Å². The van der Waals surface area contributed by atoms with Gasteiger partial charge in [-0.2, -0.15) is 13.2 Å². The van der Waals surface area contributed by atoms with Crippen molar-refractivity contribution in [1.82, 2.24) is 0 Å². The molecule has 0 radical (unpaired) electrons. The third kappa shape index (κ3) is 4.75. The quantitative estimate of drug-likeness (QED) is 0.666. The molecule has 1 aliphatic rings. The highest BCUT2D eigenvalue weighted by atomic mass is 19.4. The van der Waals surface area contributed by atoms with E-state index in [-0.39, 0.29) is 11.7 Å². The zero-order chi connectivity index (χ0) is 19.8. The standard InChI is InChI=1S/C22H27F3O2/c1-21(2,3)17-7-10-18(11-8-17)27-19-9-6-14-12-16(5-4-15(14)13-19)20(26)22(23,24)25/h4-6,9,12-13,17-18,20,26H,7-8,10-11H2,1-3H3. The molecule has 0 aromatic heterocycles. The Bertz CT molecular complexity index is 784. The van der Waals surface area contributed by atoms with Crippen LogP contribution in [0.1, 0.15) is 58.1 Å². The lowest BCUT2D eigenvalue weighted by atomic mass is 9.72. The van der Waals surface area contributed by atoms with E-state index >= 15 is 0 Å². The predicted molar refractivity (Wildman–Crippen MR) is 101 cm³/mol. The molecule has 5 heteroatoms. The molecule has 1 saturated carbocycles. The van der Waals surface area contributed by atoms with Crippen molar-refractivity contribution in [3.05, 3.63) is 42.0 Å². The van der Waals surface area contributed by atoms with Crippen LogP contribution < -0.4 is 4.74 Å². The minimum absolute atomic E-state index is 0.149. The smallest absolute Gasteiger partial charge is 0.418 e. The Hall–Kier alpha value is -1.75. The van der Waals surface area contributed by atoms with Crippen LogP contribution in [0, 0.1) is 11.3 Å². The van der Waals surface area contributed by atoms with Crippen molar-refractivity contribution in [3.63, 3.8) is 0 Å². The van der Waals surface area contributed by atoms with Gasteiger partial charge in [0.1, 0.15) is 5.75 Å². The van der Waals surface area contributed by atoms with E-state index in [9.17, 15) is 18.3 Å². The van der Waals surface area contributed by atoms with Gasteiger partial charge >= 0.3 is 6.18 Å². The maximum atomic E-state index is 12.7. The molecule has 0 aliphatic heterocycles. The summed E-state index contributed by atoms with van der Waals surface area (Å²) in [6.45, 7) is 6.85. The van der Waals surface area contributed by atoms with Gasteiger partial charge in [-0.25, -0.2) is 0 Å². The van der Waals surface area contributed by atoms with Crippen molar-refractivity contribution < 1.29 is 23.0 Å². The molecule has 0 bridgehead atoms. The summed E-state index contributed by atoms with van der Waals surface area (Å²) in [6.07, 6.45) is -2.58. The van der Waals surface area contributed by atoms with E-state index in [0.29, 0.717) is 16.7 Å². The average Bonchev–Trinajstić information content (AvgIpc) is 2.59. The molecular formula is C22H27F3O2. The van der Waals surface area contributed by atoms with Gasteiger partial charge in [-0.05, 0) is 71.6 Å². The van der Waals surface area contributed by atoms with Gasteiger partial charge < -0.3 is 9.84 Å². The number of benzene rings is 2. The lowest BCUT2D eigenvalue weighted by Crippen LogP contribution is -2.30.